The van der Waals surface area contributed by atoms with E-state index in [0.717, 1.165) is 22.2 Å². The molecule has 9 nitrogen and oxygen atoms in total. The molecular weight excluding hydrogens is 514 g/mol. The summed E-state index contributed by atoms with van der Waals surface area (Å²) >= 11 is 4.03. The van der Waals surface area contributed by atoms with E-state index < -0.39 is 17.5 Å². The molecule has 2 aliphatic rings. The molecule has 10 heteroatoms. The van der Waals surface area contributed by atoms with E-state index in [0.29, 0.717) is 24.3 Å². The van der Waals surface area contributed by atoms with Crippen molar-refractivity contribution >= 4 is 53.3 Å². The van der Waals surface area contributed by atoms with Gasteiger partial charge in [-0.1, -0.05) is 38.1 Å². The first-order valence-electron chi connectivity index (χ1n) is 13.0. The van der Waals surface area contributed by atoms with Gasteiger partial charge in [-0.2, -0.15) is 0 Å². The van der Waals surface area contributed by atoms with E-state index in [2.05, 4.69) is 27.5 Å². The van der Waals surface area contributed by atoms with E-state index in [1.165, 1.54) is 0 Å². The highest BCUT2D eigenvalue weighted by atomic mass is 32.1. The van der Waals surface area contributed by atoms with Crippen LogP contribution in [0.4, 0.5) is 5.69 Å². The number of aromatic amines is 1. The van der Waals surface area contributed by atoms with Gasteiger partial charge < -0.3 is 24.8 Å². The third-order valence-corrected chi connectivity index (χ3v) is 7.95. The zero-order chi connectivity index (χ0) is 27.9. The van der Waals surface area contributed by atoms with Crippen molar-refractivity contribution in [3.05, 3.63) is 59.8 Å². The maximum atomic E-state index is 14.1. The molecule has 1 saturated heterocycles. The summed E-state index contributed by atoms with van der Waals surface area (Å²) < 4.78 is 9.34. The normalized spacial score (nSPS) is 21.4. The molecule has 0 aliphatic carbocycles. The molecule has 204 valence electrons. The predicted molar refractivity (Wildman–Crippen MR) is 155 cm³/mol. The average Bonchev–Trinajstić information content (AvgIpc) is 3.59. The number of hydrogen-bond donors (Lipinski definition) is 3. The number of thiol groups is 1. The molecule has 0 saturated carbocycles. The van der Waals surface area contributed by atoms with Crippen LogP contribution < -0.4 is 15.0 Å². The number of para-hydroxylation sites is 1. The minimum absolute atomic E-state index is 0.0481. The van der Waals surface area contributed by atoms with Crippen molar-refractivity contribution in [2.24, 2.45) is 10.3 Å². The van der Waals surface area contributed by atoms with Crippen LogP contribution in [0, 0.1) is 5.92 Å². The fourth-order valence-corrected chi connectivity index (χ4v) is 6.17. The van der Waals surface area contributed by atoms with E-state index in [-0.39, 0.29) is 30.2 Å². The number of benzene rings is 2. The molecule has 1 unspecified atom stereocenters. The van der Waals surface area contributed by atoms with E-state index in [1.807, 2.05) is 56.3 Å². The van der Waals surface area contributed by atoms with Crippen LogP contribution in [-0.2, 0) is 15.0 Å². The largest absolute Gasteiger partial charge is 0.496 e. The number of amides is 3. The van der Waals surface area contributed by atoms with E-state index >= 15 is 0 Å². The van der Waals surface area contributed by atoms with Gasteiger partial charge in [-0.05, 0) is 61.4 Å². The van der Waals surface area contributed by atoms with Crippen molar-refractivity contribution < 1.29 is 19.1 Å². The number of aromatic nitrogens is 1. The Morgan fingerprint density at radius 1 is 1.26 bits per heavy atom. The van der Waals surface area contributed by atoms with E-state index in [9.17, 15) is 14.4 Å². The minimum atomic E-state index is -0.874. The van der Waals surface area contributed by atoms with Gasteiger partial charge >= 0.3 is 0 Å². The highest BCUT2D eigenvalue weighted by molar-refractivity contribution is 7.78. The summed E-state index contributed by atoms with van der Waals surface area (Å²) in [4.78, 5) is 47.6. The van der Waals surface area contributed by atoms with Crippen LogP contribution in [-0.4, -0.2) is 66.6 Å². The molecule has 3 aromatic rings. The number of anilines is 1. The summed E-state index contributed by atoms with van der Waals surface area (Å²) in [6.45, 7) is 4.21. The van der Waals surface area contributed by atoms with Gasteiger partial charge in [-0.15, -0.1) is 0 Å². The third kappa shape index (κ3) is 4.56. The van der Waals surface area contributed by atoms with Crippen molar-refractivity contribution in [3.8, 4) is 5.75 Å². The van der Waals surface area contributed by atoms with Gasteiger partial charge in [0, 0.05) is 36.4 Å². The number of carbonyl (C=O) groups excluding carboxylic acids is 3. The lowest BCUT2D eigenvalue weighted by atomic mass is 9.79. The number of hydrogen-bond acceptors (Lipinski definition) is 6. The number of carbonyl (C=O) groups is 3. The summed E-state index contributed by atoms with van der Waals surface area (Å²) in [5, 5.41) is 3.74. The average molecular weight is 548 g/mol. The van der Waals surface area contributed by atoms with Crippen LogP contribution >= 0.6 is 12.8 Å². The Labute approximate surface area is 233 Å². The second-order valence-corrected chi connectivity index (χ2v) is 11.0. The monoisotopic (exact) mass is 547 g/mol. The summed E-state index contributed by atoms with van der Waals surface area (Å²) in [7, 11) is 3.34. The first-order chi connectivity index (χ1) is 18.7. The van der Waals surface area contributed by atoms with Crippen LogP contribution in [0.5, 0.6) is 5.75 Å². The topological polar surface area (TPSA) is 107 Å². The van der Waals surface area contributed by atoms with E-state index in [1.54, 1.807) is 36.2 Å². The zero-order valence-electron chi connectivity index (χ0n) is 22.5. The lowest BCUT2D eigenvalue weighted by Crippen LogP contribution is -2.52. The van der Waals surface area contributed by atoms with Crippen molar-refractivity contribution in [1.82, 2.24) is 15.2 Å². The molecule has 0 bridgehead atoms. The Bertz CT molecular complexity index is 1470. The van der Waals surface area contributed by atoms with Crippen molar-refractivity contribution in [2.45, 2.75) is 44.2 Å². The molecule has 0 radical (unpaired) electrons. The van der Waals surface area contributed by atoms with Crippen LogP contribution in [0.1, 0.15) is 42.7 Å². The van der Waals surface area contributed by atoms with E-state index in [4.69, 9.17) is 4.74 Å². The van der Waals surface area contributed by atoms with Crippen molar-refractivity contribution in [3.63, 3.8) is 0 Å². The number of fused-ring (bicyclic) bond motifs is 3. The van der Waals surface area contributed by atoms with Crippen LogP contribution in [0.15, 0.2) is 52.9 Å². The lowest BCUT2D eigenvalue weighted by Gasteiger charge is -2.29. The third-order valence-electron chi connectivity index (χ3n) is 7.81. The highest BCUT2D eigenvalue weighted by Crippen LogP contribution is 2.48. The standard InChI is InChI=1S/C29H33N5O4S/c1-17(2)12-23(32-26(35)22-13-19-21(31-22)9-7-11-25(19)38-4)27(36)34-16-29(14-18(34)15-30-39)20-8-5-6-10-24(20)33(3)28(29)37/h5-11,13,15,17-18,23,31,39H,12,14,16H2,1-4H3,(H,32,35)/b30-15+/t18-,23?,29-/m0/s1. The van der Waals surface area contributed by atoms with Crippen molar-refractivity contribution in [2.75, 3.05) is 25.6 Å². The number of rotatable bonds is 7. The quantitative estimate of drug-likeness (QED) is 0.309. The number of likely N-dealkylation sites (N-methyl/N-ethyl adjacent to an activating group) is 1. The van der Waals surface area contributed by atoms with Crippen LogP contribution in [0.25, 0.3) is 10.9 Å². The second kappa shape index (κ2) is 10.4. The van der Waals surface area contributed by atoms with Gasteiger partial charge in [0.2, 0.25) is 11.8 Å². The zero-order valence-corrected chi connectivity index (χ0v) is 23.4. The second-order valence-electron chi connectivity index (χ2n) is 10.7. The SMILES string of the molecule is COc1cccc2[nH]c(C(=O)NC(CC(C)C)C(=O)N3C[C@]4(C[C@H]3/C=N/S)C(=O)N(C)c3ccccc34)cc12. The van der Waals surface area contributed by atoms with Gasteiger partial charge in [0.25, 0.3) is 5.91 Å². The van der Waals surface area contributed by atoms with Gasteiger partial charge in [0.1, 0.15) is 17.5 Å². The number of H-pyrrole nitrogens is 1. The molecule has 3 heterocycles. The number of methoxy groups -OCH3 is 1. The smallest absolute Gasteiger partial charge is 0.268 e. The predicted octanol–water partition coefficient (Wildman–Crippen LogP) is 3.75. The maximum Gasteiger partial charge on any atom is 0.268 e. The molecule has 2 aliphatic heterocycles. The number of nitrogens with one attached hydrogen (secondary N) is 2. The minimum Gasteiger partial charge on any atom is -0.496 e. The molecule has 1 aromatic heterocycles. The molecular formula is C29H33N5O4S. The first-order valence-corrected chi connectivity index (χ1v) is 13.4. The highest BCUT2D eigenvalue weighted by Gasteiger charge is 2.57. The van der Waals surface area contributed by atoms with Gasteiger partial charge in [-0.3, -0.25) is 14.4 Å². The molecule has 2 N–H and O–H groups in total. The number of ether oxygens (including phenoxy) is 1. The van der Waals surface area contributed by atoms with Gasteiger partial charge in [0.15, 0.2) is 0 Å². The van der Waals surface area contributed by atoms with Gasteiger partial charge in [0.05, 0.1) is 18.6 Å². The lowest BCUT2D eigenvalue weighted by molar-refractivity contribution is -0.133. The molecule has 3 amide bonds. The van der Waals surface area contributed by atoms with Crippen molar-refractivity contribution in [1.29, 1.82) is 0 Å². The summed E-state index contributed by atoms with van der Waals surface area (Å²) in [6, 6.07) is 13.7. The maximum absolute atomic E-state index is 14.1. The fraction of sp³-hybridized carbons (Fsp3) is 0.379. The fourth-order valence-electron chi connectivity index (χ4n) is 6.01. The molecule has 1 spiro atoms. The van der Waals surface area contributed by atoms with Gasteiger partial charge in [-0.25, -0.2) is 4.40 Å². The molecule has 2 aromatic carbocycles. The Morgan fingerprint density at radius 2 is 2.03 bits per heavy atom. The Hall–Kier alpha value is -3.79. The number of likely N-dealkylation sites (tertiary alicyclic amines) is 1. The molecule has 3 atom stereocenters. The number of nitrogens with zero attached hydrogens (tertiary/aromatic N) is 3. The summed E-state index contributed by atoms with van der Waals surface area (Å²) in [5.74, 6) is 0.104. The molecule has 39 heavy (non-hydrogen) atoms. The Balaban J connectivity index is 1.45. The Kier molecular flexibility index (Phi) is 7.15. The van der Waals surface area contributed by atoms with Crippen LogP contribution in [0.2, 0.25) is 0 Å². The van der Waals surface area contributed by atoms with Crippen LogP contribution in [0.3, 0.4) is 0 Å². The molecule has 1 fully saturated rings. The Morgan fingerprint density at radius 3 is 2.74 bits per heavy atom. The summed E-state index contributed by atoms with van der Waals surface area (Å²) in [5.41, 5.74) is 1.98. The summed E-state index contributed by atoms with van der Waals surface area (Å²) in [6.07, 6.45) is 2.43. The molecule has 5 rings (SSSR count). The first kappa shape index (κ1) is 26.8.